The highest BCUT2D eigenvalue weighted by molar-refractivity contribution is 5.78. The van der Waals surface area contributed by atoms with Gasteiger partial charge in [0, 0.05) is 25.0 Å². The summed E-state index contributed by atoms with van der Waals surface area (Å²) < 4.78 is 0. The van der Waals surface area contributed by atoms with Crippen LogP contribution < -0.4 is 5.32 Å². The third kappa shape index (κ3) is 3.43. The summed E-state index contributed by atoms with van der Waals surface area (Å²) in [5.74, 6) is 0.356. The maximum atomic E-state index is 12.3. The van der Waals surface area contributed by atoms with Gasteiger partial charge in [0.05, 0.1) is 5.92 Å². The van der Waals surface area contributed by atoms with Crippen LogP contribution in [0.4, 0.5) is 0 Å². The van der Waals surface area contributed by atoms with E-state index in [-0.39, 0.29) is 11.8 Å². The molecule has 2 heterocycles. The Balaban J connectivity index is 1.53. The molecule has 4 heteroatoms. The lowest BCUT2D eigenvalue weighted by molar-refractivity contribution is -0.126. The molecule has 0 spiro atoms. The Bertz CT molecular complexity index is 515. The van der Waals surface area contributed by atoms with Gasteiger partial charge in [0.15, 0.2) is 0 Å². The summed E-state index contributed by atoms with van der Waals surface area (Å²) in [5, 5.41) is 3.10. The summed E-state index contributed by atoms with van der Waals surface area (Å²) in [6.07, 6.45) is 7.53. The van der Waals surface area contributed by atoms with E-state index in [1.54, 1.807) is 0 Å². The van der Waals surface area contributed by atoms with Gasteiger partial charge in [-0.1, -0.05) is 13.0 Å². The second-order valence-electron chi connectivity index (χ2n) is 6.25. The lowest BCUT2D eigenvalue weighted by atomic mass is 9.97. The van der Waals surface area contributed by atoms with Gasteiger partial charge < -0.3 is 10.2 Å². The van der Waals surface area contributed by atoms with Crippen molar-refractivity contribution in [2.75, 3.05) is 19.6 Å². The summed E-state index contributed by atoms with van der Waals surface area (Å²) in [6.45, 7) is 5.86. The Hall–Kier alpha value is -1.42. The number of carbonyl (C=O) groups excluding carboxylic acids is 1. The summed E-state index contributed by atoms with van der Waals surface area (Å²) in [6, 6.07) is 2.22. The zero-order chi connectivity index (χ0) is 14.7. The number of likely N-dealkylation sites (tertiary alicyclic amines) is 1. The van der Waals surface area contributed by atoms with Gasteiger partial charge in [-0.05, 0) is 56.3 Å². The van der Waals surface area contributed by atoms with Gasteiger partial charge in [-0.2, -0.15) is 0 Å². The number of nitrogens with one attached hydrogen (secondary N) is 1. The Labute approximate surface area is 126 Å². The number of rotatable bonds is 4. The summed E-state index contributed by atoms with van der Waals surface area (Å²) in [4.78, 5) is 19.2. The van der Waals surface area contributed by atoms with Crippen LogP contribution in [0.25, 0.3) is 0 Å². The molecule has 0 saturated carbocycles. The van der Waals surface area contributed by atoms with E-state index in [0.29, 0.717) is 6.54 Å². The fraction of sp³-hybridized carbons (Fsp3) is 0.647. The number of aromatic nitrogens is 1. The highest BCUT2D eigenvalue weighted by atomic mass is 16.1. The standard InChI is InChI=1S/C17H25N3O/c1-2-20-8-4-6-15(12-20)17(21)19-11-13-9-14-5-3-7-16(14)18-10-13/h9-10,15H,2-8,11-12H2,1H3,(H,19,21)/t15-/m0/s1. The summed E-state index contributed by atoms with van der Waals surface area (Å²) >= 11 is 0. The zero-order valence-electron chi connectivity index (χ0n) is 12.9. The number of fused-ring (bicyclic) bond motifs is 1. The normalized spacial score (nSPS) is 22.0. The van der Waals surface area contributed by atoms with Crippen LogP contribution in [0.2, 0.25) is 0 Å². The van der Waals surface area contributed by atoms with Crippen molar-refractivity contribution in [1.29, 1.82) is 0 Å². The number of hydrogen-bond acceptors (Lipinski definition) is 3. The van der Waals surface area contributed by atoms with E-state index in [2.05, 4.69) is 28.2 Å². The van der Waals surface area contributed by atoms with Gasteiger partial charge in [0.25, 0.3) is 0 Å². The number of aryl methyl sites for hydroxylation is 2. The molecule has 0 bridgehead atoms. The number of nitrogens with zero attached hydrogens (tertiary/aromatic N) is 2. The maximum absolute atomic E-state index is 12.3. The second-order valence-corrected chi connectivity index (χ2v) is 6.25. The van der Waals surface area contributed by atoms with Crippen LogP contribution in [0.15, 0.2) is 12.3 Å². The predicted molar refractivity (Wildman–Crippen MR) is 82.9 cm³/mol. The average Bonchev–Trinajstić information content (AvgIpc) is 3.00. The first kappa shape index (κ1) is 14.5. The number of pyridine rings is 1. The molecule has 1 fully saturated rings. The molecule has 3 rings (SSSR count). The fourth-order valence-electron chi connectivity index (χ4n) is 3.46. The minimum Gasteiger partial charge on any atom is -0.352 e. The van der Waals surface area contributed by atoms with E-state index < -0.39 is 0 Å². The molecule has 1 aromatic heterocycles. The largest absolute Gasteiger partial charge is 0.352 e. The van der Waals surface area contributed by atoms with Crippen LogP contribution in [0.1, 0.15) is 43.0 Å². The minimum atomic E-state index is 0.154. The lowest BCUT2D eigenvalue weighted by Gasteiger charge is -2.30. The number of piperidine rings is 1. The molecule has 1 saturated heterocycles. The smallest absolute Gasteiger partial charge is 0.224 e. The molecule has 1 aliphatic heterocycles. The Morgan fingerprint density at radius 3 is 3.19 bits per heavy atom. The first-order valence-electron chi connectivity index (χ1n) is 8.23. The van der Waals surface area contributed by atoms with Crippen molar-refractivity contribution in [3.8, 4) is 0 Å². The van der Waals surface area contributed by atoms with Gasteiger partial charge in [-0.25, -0.2) is 0 Å². The molecule has 2 aliphatic rings. The molecule has 114 valence electrons. The topological polar surface area (TPSA) is 45.2 Å². The lowest BCUT2D eigenvalue weighted by Crippen LogP contribution is -2.42. The molecule has 1 N–H and O–H groups in total. The van der Waals surface area contributed by atoms with E-state index in [9.17, 15) is 4.79 Å². The van der Waals surface area contributed by atoms with Gasteiger partial charge in [0.1, 0.15) is 0 Å². The molecule has 21 heavy (non-hydrogen) atoms. The van der Waals surface area contributed by atoms with E-state index in [1.165, 1.54) is 17.7 Å². The maximum Gasteiger partial charge on any atom is 0.224 e. The SMILES string of the molecule is CCN1CCC[C@H](C(=O)NCc2cnc3c(c2)CCC3)C1. The Kier molecular flexibility index (Phi) is 4.54. The Morgan fingerprint density at radius 1 is 1.43 bits per heavy atom. The molecule has 4 nitrogen and oxygen atoms in total. The average molecular weight is 287 g/mol. The quantitative estimate of drug-likeness (QED) is 0.920. The van der Waals surface area contributed by atoms with Crippen LogP contribution in [-0.4, -0.2) is 35.4 Å². The predicted octanol–water partition coefficient (Wildman–Crippen LogP) is 1.92. The van der Waals surface area contributed by atoms with Crippen molar-refractivity contribution < 1.29 is 4.79 Å². The highest BCUT2D eigenvalue weighted by Crippen LogP contribution is 2.20. The summed E-state index contributed by atoms with van der Waals surface area (Å²) in [5.41, 5.74) is 3.75. The van der Waals surface area contributed by atoms with Crippen molar-refractivity contribution >= 4 is 5.91 Å². The molecule has 1 aromatic rings. The monoisotopic (exact) mass is 287 g/mol. The molecule has 0 aromatic carbocycles. The van der Waals surface area contributed by atoms with Gasteiger partial charge in [0.2, 0.25) is 5.91 Å². The van der Waals surface area contributed by atoms with Crippen molar-refractivity contribution in [3.05, 3.63) is 29.1 Å². The van der Waals surface area contributed by atoms with Crippen LogP contribution in [0, 0.1) is 5.92 Å². The molecule has 1 atom stereocenters. The van der Waals surface area contributed by atoms with Gasteiger partial charge >= 0.3 is 0 Å². The van der Waals surface area contributed by atoms with E-state index in [0.717, 1.165) is 50.9 Å². The van der Waals surface area contributed by atoms with Crippen molar-refractivity contribution in [2.45, 2.75) is 45.6 Å². The Morgan fingerprint density at radius 2 is 2.33 bits per heavy atom. The number of carbonyl (C=O) groups is 1. The third-order valence-corrected chi connectivity index (χ3v) is 4.77. The highest BCUT2D eigenvalue weighted by Gasteiger charge is 2.24. The van der Waals surface area contributed by atoms with Gasteiger partial charge in [-0.15, -0.1) is 0 Å². The minimum absolute atomic E-state index is 0.154. The molecular weight excluding hydrogens is 262 g/mol. The van der Waals surface area contributed by atoms with Crippen molar-refractivity contribution in [2.24, 2.45) is 5.92 Å². The van der Waals surface area contributed by atoms with Crippen LogP contribution in [-0.2, 0) is 24.2 Å². The van der Waals surface area contributed by atoms with Crippen molar-refractivity contribution in [1.82, 2.24) is 15.2 Å². The van der Waals surface area contributed by atoms with E-state index in [4.69, 9.17) is 0 Å². The van der Waals surface area contributed by atoms with Crippen molar-refractivity contribution in [3.63, 3.8) is 0 Å². The zero-order valence-corrected chi connectivity index (χ0v) is 12.9. The fourth-order valence-corrected chi connectivity index (χ4v) is 3.46. The molecule has 1 aliphatic carbocycles. The molecule has 0 unspecified atom stereocenters. The third-order valence-electron chi connectivity index (χ3n) is 4.77. The van der Waals surface area contributed by atoms with Gasteiger partial charge in [-0.3, -0.25) is 9.78 Å². The molecule has 1 amide bonds. The van der Waals surface area contributed by atoms with E-state index >= 15 is 0 Å². The molecular formula is C17H25N3O. The first-order valence-corrected chi connectivity index (χ1v) is 8.23. The number of hydrogen-bond donors (Lipinski definition) is 1. The first-order chi connectivity index (χ1) is 10.3. The van der Waals surface area contributed by atoms with E-state index in [1.807, 2.05) is 6.20 Å². The summed E-state index contributed by atoms with van der Waals surface area (Å²) in [7, 11) is 0. The van der Waals surface area contributed by atoms with Crippen LogP contribution in [0.3, 0.4) is 0 Å². The molecule has 0 radical (unpaired) electrons. The number of amides is 1. The van der Waals surface area contributed by atoms with Crippen LogP contribution in [0.5, 0.6) is 0 Å². The second kappa shape index (κ2) is 6.56. The van der Waals surface area contributed by atoms with Crippen LogP contribution >= 0.6 is 0 Å².